The number of aromatic nitrogens is 2. The lowest BCUT2D eigenvalue weighted by molar-refractivity contribution is 0.662. The van der Waals surface area contributed by atoms with Gasteiger partial charge in [0.25, 0.3) is 0 Å². The minimum Gasteiger partial charge on any atom is -0.372 e. The Morgan fingerprint density at radius 1 is 1.78 bits per heavy atom. The minimum absolute atomic E-state index is 0.928. The summed E-state index contributed by atoms with van der Waals surface area (Å²) in [5.41, 5.74) is 0. The second-order valence-electron chi connectivity index (χ2n) is 1.81. The first-order valence-corrected chi connectivity index (χ1v) is 3.08. The molecule has 3 nitrogen and oxygen atoms in total. The molecule has 1 N–H and O–H groups in total. The molecule has 0 spiro atoms. The van der Waals surface area contributed by atoms with E-state index in [1.807, 2.05) is 24.0 Å². The molecule has 50 valence electrons. The van der Waals surface area contributed by atoms with Crippen LogP contribution in [0.2, 0.25) is 0 Å². The van der Waals surface area contributed by atoms with E-state index >= 15 is 0 Å². The predicted molar refractivity (Wildman–Crippen MR) is 37.4 cm³/mol. The Labute approximate surface area is 54.7 Å². The summed E-state index contributed by atoms with van der Waals surface area (Å²) in [4.78, 5) is 0. The zero-order valence-corrected chi connectivity index (χ0v) is 5.76. The lowest BCUT2D eigenvalue weighted by Crippen LogP contribution is -1.95. The van der Waals surface area contributed by atoms with Gasteiger partial charge in [0.2, 0.25) is 0 Å². The maximum atomic E-state index is 4.15. The summed E-state index contributed by atoms with van der Waals surface area (Å²) in [7, 11) is 1.86. The van der Waals surface area contributed by atoms with Crippen molar-refractivity contribution in [3.63, 3.8) is 0 Å². The second kappa shape index (κ2) is 2.53. The lowest BCUT2D eigenvalue weighted by Gasteiger charge is -1.91. The monoisotopic (exact) mass is 125 g/mol. The summed E-state index contributed by atoms with van der Waals surface area (Å²) in [5.74, 6) is 0.928. The van der Waals surface area contributed by atoms with E-state index in [2.05, 4.69) is 17.3 Å². The van der Waals surface area contributed by atoms with Gasteiger partial charge in [0.15, 0.2) is 0 Å². The number of nitrogens with zero attached hydrogens (tertiary/aromatic N) is 2. The van der Waals surface area contributed by atoms with E-state index in [9.17, 15) is 0 Å². The highest BCUT2D eigenvalue weighted by atomic mass is 15.3. The first-order valence-electron chi connectivity index (χ1n) is 3.08. The van der Waals surface area contributed by atoms with E-state index in [-0.39, 0.29) is 0 Å². The summed E-state index contributed by atoms with van der Waals surface area (Å²) >= 11 is 0. The first-order chi connectivity index (χ1) is 4.36. The number of rotatable bonds is 2. The number of hydrogen-bond acceptors (Lipinski definition) is 2. The van der Waals surface area contributed by atoms with E-state index in [4.69, 9.17) is 0 Å². The first kappa shape index (κ1) is 6.13. The van der Waals surface area contributed by atoms with Crippen molar-refractivity contribution >= 4 is 5.82 Å². The fraction of sp³-hybridized carbons (Fsp3) is 0.500. The SMILES string of the molecule is CCn1ccc(NC)n1. The van der Waals surface area contributed by atoms with Gasteiger partial charge in [0, 0.05) is 25.9 Å². The van der Waals surface area contributed by atoms with Gasteiger partial charge >= 0.3 is 0 Å². The fourth-order valence-corrected chi connectivity index (χ4v) is 0.671. The van der Waals surface area contributed by atoms with Crippen LogP contribution in [0.4, 0.5) is 5.82 Å². The molecule has 0 aliphatic carbocycles. The molecule has 0 radical (unpaired) electrons. The van der Waals surface area contributed by atoms with Gasteiger partial charge in [-0.1, -0.05) is 0 Å². The van der Waals surface area contributed by atoms with Crippen LogP contribution in [0, 0.1) is 0 Å². The third-order valence-corrected chi connectivity index (χ3v) is 1.22. The molecule has 9 heavy (non-hydrogen) atoms. The molecule has 1 aromatic heterocycles. The van der Waals surface area contributed by atoms with Crippen molar-refractivity contribution in [1.29, 1.82) is 0 Å². The van der Waals surface area contributed by atoms with Gasteiger partial charge in [-0.3, -0.25) is 4.68 Å². The van der Waals surface area contributed by atoms with Crippen molar-refractivity contribution in [3.8, 4) is 0 Å². The van der Waals surface area contributed by atoms with Gasteiger partial charge in [-0.05, 0) is 6.92 Å². The van der Waals surface area contributed by atoms with E-state index in [0.717, 1.165) is 12.4 Å². The standard InChI is InChI=1S/C6H11N3/c1-3-9-5-4-6(7-2)8-9/h4-5H,3H2,1-2H3,(H,7,8). The summed E-state index contributed by atoms with van der Waals surface area (Å²) in [6, 6.07) is 1.95. The third-order valence-electron chi connectivity index (χ3n) is 1.22. The Bertz CT molecular complexity index is 162. The Balaban J connectivity index is 2.74. The topological polar surface area (TPSA) is 29.9 Å². The molecule has 0 aliphatic heterocycles. The van der Waals surface area contributed by atoms with Crippen LogP contribution in [0.15, 0.2) is 12.3 Å². The van der Waals surface area contributed by atoms with Gasteiger partial charge in [-0.25, -0.2) is 0 Å². The molecule has 0 atom stereocenters. The summed E-state index contributed by atoms with van der Waals surface area (Å²) in [6.45, 7) is 2.99. The predicted octanol–water partition coefficient (Wildman–Crippen LogP) is 0.945. The highest BCUT2D eigenvalue weighted by Gasteiger charge is 1.90. The number of aryl methyl sites for hydroxylation is 1. The Morgan fingerprint density at radius 2 is 2.56 bits per heavy atom. The molecule has 1 rings (SSSR count). The van der Waals surface area contributed by atoms with Gasteiger partial charge in [0.05, 0.1) is 0 Å². The molecule has 0 unspecified atom stereocenters. The van der Waals surface area contributed by atoms with Crippen molar-refractivity contribution in [1.82, 2.24) is 9.78 Å². The number of nitrogens with one attached hydrogen (secondary N) is 1. The molecule has 0 bridgehead atoms. The Kier molecular flexibility index (Phi) is 1.72. The van der Waals surface area contributed by atoms with Crippen LogP contribution in [-0.2, 0) is 6.54 Å². The normalized spacial score (nSPS) is 9.56. The van der Waals surface area contributed by atoms with E-state index in [1.54, 1.807) is 0 Å². The van der Waals surface area contributed by atoms with Crippen LogP contribution < -0.4 is 5.32 Å². The number of hydrogen-bond donors (Lipinski definition) is 1. The molecular weight excluding hydrogens is 114 g/mol. The summed E-state index contributed by atoms with van der Waals surface area (Å²) < 4.78 is 1.88. The van der Waals surface area contributed by atoms with E-state index in [1.165, 1.54) is 0 Å². The smallest absolute Gasteiger partial charge is 0.147 e. The minimum atomic E-state index is 0.928. The third kappa shape index (κ3) is 1.22. The van der Waals surface area contributed by atoms with Crippen LogP contribution in [0.3, 0.4) is 0 Å². The van der Waals surface area contributed by atoms with Crippen LogP contribution in [0.25, 0.3) is 0 Å². The average Bonchev–Trinajstić information content (AvgIpc) is 2.34. The highest BCUT2D eigenvalue weighted by molar-refractivity contribution is 5.30. The van der Waals surface area contributed by atoms with Gasteiger partial charge in [0.1, 0.15) is 5.82 Å². The van der Waals surface area contributed by atoms with Crippen LogP contribution >= 0.6 is 0 Å². The van der Waals surface area contributed by atoms with Crippen LogP contribution in [0.1, 0.15) is 6.92 Å². The number of anilines is 1. The van der Waals surface area contributed by atoms with Crippen molar-refractivity contribution in [2.75, 3.05) is 12.4 Å². The molecular formula is C6H11N3. The molecule has 0 fully saturated rings. The molecule has 0 aliphatic rings. The van der Waals surface area contributed by atoms with E-state index in [0.29, 0.717) is 0 Å². The Hall–Kier alpha value is -0.990. The summed E-state index contributed by atoms with van der Waals surface area (Å²) in [5, 5.41) is 7.10. The molecule has 0 saturated heterocycles. The maximum absolute atomic E-state index is 4.15. The molecule has 3 heteroatoms. The van der Waals surface area contributed by atoms with Crippen LogP contribution in [0.5, 0.6) is 0 Å². The largest absolute Gasteiger partial charge is 0.372 e. The maximum Gasteiger partial charge on any atom is 0.147 e. The van der Waals surface area contributed by atoms with Gasteiger partial charge in [-0.2, -0.15) is 5.10 Å². The zero-order chi connectivity index (χ0) is 6.69. The van der Waals surface area contributed by atoms with Crippen molar-refractivity contribution in [2.45, 2.75) is 13.5 Å². The molecule has 0 saturated carbocycles. The quantitative estimate of drug-likeness (QED) is 0.637. The second-order valence-corrected chi connectivity index (χ2v) is 1.81. The highest BCUT2D eigenvalue weighted by Crippen LogP contribution is 1.98. The van der Waals surface area contributed by atoms with Gasteiger partial charge < -0.3 is 5.32 Å². The van der Waals surface area contributed by atoms with Crippen molar-refractivity contribution < 1.29 is 0 Å². The fourth-order valence-electron chi connectivity index (χ4n) is 0.671. The molecule has 1 heterocycles. The van der Waals surface area contributed by atoms with Crippen molar-refractivity contribution in [3.05, 3.63) is 12.3 Å². The summed E-state index contributed by atoms with van der Waals surface area (Å²) in [6.07, 6.45) is 1.95. The van der Waals surface area contributed by atoms with Crippen LogP contribution in [-0.4, -0.2) is 16.8 Å². The zero-order valence-electron chi connectivity index (χ0n) is 5.76. The lowest BCUT2D eigenvalue weighted by atomic mass is 10.6. The van der Waals surface area contributed by atoms with Crippen molar-refractivity contribution in [2.24, 2.45) is 0 Å². The molecule has 0 aromatic carbocycles. The molecule has 1 aromatic rings. The van der Waals surface area contributed by atoms with E-state index < -0.39 is 0 Å². The molecule has 0 amide bonds. The Morgan fingerprint density at radius 3 is 2.89 bits per heavy atom. The van der Waals surface area contributed by atoms with Gasteiger partial charge in [-0.15, -0.1) is 0 Å². The average molecular weight is 125 g/mol.